The van der Waals surface area contributed by atoms with Crippen molar-refractivity contribution in [1.29, 1.82) is 0 Å². The van der Waals surface area contributed by atoms with E-state index in [9.17, 15) is 14.7 Å². The molecule has 0 saturated heterocycles. The number of hydrogen-bond acceptors (Lipinski definition) is 5. The number of amides is 1. The summed E-state index contributed by atoms with van der Waals surface area (Å²) in [4.78, 5) is 29.2. The minimum Gasteiger partial charge on any atom is -0.503 e. The fourth-order valence-corrected chi connectivity index (χ4v) is 3.50. The average molecular weight is 322 g/mol. The van der Waals surface area contributed by atoms with Crippen LogP contribution in [0.1, 0.15) is 30.7 Å². The largest absolute Gasteiger partial charge is 0.503 e. The molecule has 0 fully saturated rings. The van der Waals surface area contributed by atoms with E-state index in [2.05, 4.69) is 0 Å². The number of Topliss-reactive ketones (excluding diaryl/α,β-unsaturated/α-hetero) is 1. The molecule has 1 aromatic heterocycles. The lowest BCUT2D eigenvalue weighted by Gasteiger charge is -2.26. The molecule has 0 aliphatic carbocycles. The van der Waals surface area contributed by atoms with Gasteiger partial charge in [0.15, 0.2) is 11.5 Å². The summed E-state index contributed by atoms with van der Waals surface area (Å²) < 4.78 is 0. The Labute approximate surface area is 134 Å². The highest BCUT2D eigenvalue weighted by Gasteiger charge is 2.42. The molecule has 1 N–H and O–H groups in total. The van der Waals surface area contributed by atoms with Crippen LogP contribution in [0.15, 0.2) is 28.8 Å². The van der Waals surface area contributed by atoms with Crippen LogP contribution in [-0.4, -0.2) is 53.8 Å². The summed E-state index contributed by atoms with van der Waals surface area (Å²) in [6.07, 6.45) is 1.07. The second kappa shape index (κ2) is 7.07. The van der Waals surface area contributed by atoms with Gasteiger partial charge in [-0.05, 0) is 38.5 Å². The normalized spacial score (nSPS) is 18.6. The molecule has 1 atom stereocenters. The topological polar surface area (TPSA) is 60.9 Å². The van der Waals surface area contributed by atoms with Crippen LogP contribution >= 0.6 is 11.3 Å². The summed E-state index contributed by atoms with van der Waals surface area (Å²) in [6, 6.07) is 3.36. The van der Waals surface area contributed by atoms with Gasteiger partial charge in [-0.1, -0.05) is 13.0 Å². The van der Waals surface area contributed by atoms with Gasteiger partial charge in [-0.3, -0.25) is 9.59 Å². The molecular weight excluding hydrogens is 300 g/mol. The van der Waals surface area contributed by atoms with Crippen molar-refractivity contribution in [2.75, 3.05) is 27.2 Å². The maximum absolute atomic E-state index is 12.4. The van der Waals surface area contributed by atoms with Crippen LogP contribution in [0.2, 0.25) is 0 Å². The fraction of sp³-hybridized carbons (Fsp3) is 0.500. The first kappa shape index (κ1) is 16.7. The lowest BCUT2D eigenvalue weighted by Crippen LogP contribution is -2.33. The lowest BCUT2D eigenvalue weighted by atomic mass is 10.0. The zero-order valence-corrected chi connectivity index (χ0v) is 14.0. The van der Waals surface area contributed by atoms with Crippen molar-refractivity contribution < 1.29 is 14.7 Å². The number of carbonyl (C=O) groups excluding carboxylic acids is 2. The van der Waals surface area contributed by atoms with Crippen molar-refractivity contribution in [1.82, 2.24) is 9.80 Å². The van der Waals surface area contributed by atoms with E-state index < -0.39 is 11.9 Å². The number of hydrogen-bond donors (Lipinski definition) is 1. The standard InChI is InChI=1S/C16H22N2O3S/c1-4-11(19)13-14(12-7-5-10-22-12)18(16(21)15(13)20)9-6-8-17(2)3/h5,7,10,14,20H,4,6,8-9H2,1-3H3. The molecule has 0 bridgehead atoms. The summed E-state index contributed by atoms with van der Waals surface area (Å²) in [5, 5.41) is 12.1. The van der Waals surface area contributed by atoms with Gasteiger partial charge in [-0.15, -0.1) is 11.3 Å². The van der Waals surface area contributed by atoms with E-state index in [1.54, 1.807) is 11.8 Å². The van der Waals surface area contributed by atoms with Crippen molar-refractivity contribution in [3.8, 4) is 0 Å². The van der Waals surface area contributed by atoms with Crippen molar-refractivity contribution in [2.24, 2.45) is 0 Å². The molecule has 2 rings (SSSR count). The number of rotatable bonds is 7. The van der Waals surface area contributed by atoms with E-state index in [0.29, 0.717) is 6.54 Å². The molecule has 6 heteroatoms. The first-order valence-electron chi connectivity index (χ1n) is 7.42. The summed E-state index contributed by atoms with van der Waals surface area (Å²) in [5.74, 6) is -0.983. The van der Waals surface area contributed by atoms with Crippen molar-refractivity contribution in [3.63, 3.8) is 0 Å². The molecule has 120 valence electrons. The van der Waals surface area contributed by atoms with Crippen LogP contribution in [0.5, 0.6) is 0 Å². The Morgan fingerprint density at radius 2 is 2.18 bits per heavy atom. The third-order valence-corrected chi connectivity index (χ3v) is 4.67. The summed E-state index contributed by atoms with van der Waals surface area (Å²) in [6.45, 7) is 3.11. The highest BCUT2D eigenvalue weighted by molar-refractivity contribution is 7.10. The van der Waals surface area contributed by atoms with E-state index in [0.717, 1.165) is 17.8 Å². The molecule has 1 unspecified atom stereocenters. The van der Waals surface area contributed by atoms with Gasteiger partial charge in [-0.25, -0.2) is 0 Å². The maximum atomic E-state index is 12.4. The van der Waals surface area contributed by atoms with Gasteiger partial charge in [0.1, 0.15) is 0 Å². The van der Waals surface area contributed by atoms with Gasteiger partial charge in [0.25, 0.3) is 5.91 Å². The Bertz CT molecular complexity index is 578. The van der Waals surface area contributed by atoms with Crippen LogP contribution in [0.4, 0.5) is 0 Å². The zero-order chi connectivity index (χ0) is 16.3. The zero-order valence-electron chi connectivity index (χ0n) is 13.2. The van der Waals surface area contributed by atoms with Gasteiger partial charge in [0, 0.05) is 17.8 Å². The molecule has 0 spiro atoms. The molecule has 0 radical (unpaired) electrons. The molecule has 1 amide bonds. The Balaban J connectivity index is 2.30. The SMILES string of the molecule is CCC(=O)C1=C(O)C(=O)N(CCCN(C)C)C1c1cccs1. The molecule has 0 aromatic carbocycles. The van der Waals surface area contributed by atoms with E-state index in [-0.39, 0.29) is 23.5 Å². The van der Waals surface area contributed by atoms with Gasteiger partial charge < -0.3 is 14.9 Å². The number of ketones is 1. The average Bonchev–Trinajstić information content (AvgIpc) is 3.08. The molecular formula is C16H22N2O3S. The van der Waals surface area contributed by atoms with E-state index in [4.69, 9.17) is 0 Å². The maximum Gasteiger partial charge on any atom is 0.290 e. The molecule has 2 heterocycles. The predicted molar refractivity (Wildman–Crippen MR) is 86.9 cm³/mol. The Morgan fingerprint density at radius 3 is 2.73 bits per heavy atom. The van der Waals surface area contributed by atoms with Crippen LogP contribution in [0.3, 0.4) is 0 Å². The number of nitrogens with zero attached hydrogens (tertiary/aromatic N) is 2. The molecule has 1 aliphatic heterocycles. The van der Waals surface area contributed by atoms with E-state index in [1.165, 1.54) is 11.3 Å². The van der Waals surface area contributed by atoms with Crippen molar-refractivity contribution in [2.45, 2.75) is 25.8 Å². The quantitative estimate of drug-likeness (QED) is 0.837. The van der Waals surface area contributed by atoms with Crippen LogP contribution in [0.25, 0.3) is 0 Å². The molecule has 1 aliphatic rings. The van der Waals surface area contributed by atoms with E-state index >= 15 is 0 Å². The number of carbonyl (C=O) groups is 2. The van der Waals surface area contributed by atoms with Gasteiger partial charge in [-0.2, -0.15) is 0 Å². The van der Waals surface area contributed by atoms with Crippen LogP contribution < -0.4 is 0 Å². The van der Waals surface area contributed by atoms with Gasteiger partial charge in [0.2, 0.25) is 0 Å². The lowest BCUT2D eigenvalue weighted by molar-refractivity contribution is -0.129. The van der Waals surface area contributed by atoms with Crippen LogP contribution in [-0.2, 0) is 9.59 Å². The highest BCUT2D eigenvalue weighted by atomic mass is 32.1. The van der Waals surface area contributed by atoms with Crippen LogP contribution in [0, 0.1) is 0 Å². The predicted octanol–water partition coefficient (Wildman–Crippen LogP) is 2.37. The van der Waals surface area contributed by atoms with Gasteiger partial charge in [0.05, 0.1) is 11.6 Å². The van der Waals surface area contributed by atoms with Gasteiger partial charge >= 0.3 is 0 Å². The number of aliphatic hydroxyl groups excluding tert-OH is 1. The first-order valence-corrected chi connectivity index (χ1v) is 8.30. The number of thiophene rings is 1. The Kier molecular flexibility index (Phi) is 5.37. The third-order valence-electron chi connectivity index (χ3n) is 3.74. The molecule has 1 aromatic rings. The second-order valence-corrected chi connectivity index (χ2v) is 6.59. The first-order chi connectivity index (χ1) is 10.5. The Morgan fingerprint density at radius 1 is 1.45 bits per heavy atom. The smallest absolute Gasteiger partial charge is 0.290 e. The van der Waals surface area contributed by atoms with Crippen molar-refractivity contribution in [3.05, 3.63) is 33.7 Å². The summed E-state index contributed by atoms with van der Waals surface area (Å²) >= 11 is 1.50. The monoisotopic (exact) mass is 322 g/mol. The third kappa shape index (κ3) is 3.23. The van der Waals surface area contributed by atoms with Crippen molar-refractivity contribution >= 4 is 23.0 Å². The minimum atomic E-state index is -0.442. The summed E-state index contributed by atoms with van der Waals surface area (Å²) in [5.41, 5.74) is 0.250. The minimum absolute atomic E-state index is 0.167. The number of aliphatic hydroxyl groups is 1. The van der Waals surface area contributed by atoms with E-state index in [1.807, 2.05) is 36.5 Å². The Hall–Kier alpha value is -1.66. The molecule has 5 nitrogen and oxygen atoms in total. The molecule has 0 saturated carbocycles. The second-order valence-electron chi connectivity index (χ2n) is 5.61. The highest BCUT2D eigenvalue weighted by Crippen LogP contribution is 2.39. The summed E-state index contributed by atoms with van der Waals surface area (Å²) in [7, 11) is 3.95. The molecule has 22 heavy (non-hydrogen) atoms. The fourth-order valence-electron chi connectivity index (χ4n) is 2.66.